The van der Waals surface area contributed by atoms with Crippen molar-refractivity contribution in [1.29, 1.82) is 0 Å². The van der Waals surface area contributed by atoms with Crippen LogP contribution in [0.5, 0.6) is 5.75 Å². The van der Waals surface area contributed by atoms with Crippen molar-refractivity contribution in [2.75, 3.05) is 35.2 Å². The molecule has 32 heavy (non-hydrogen) atoms. The SMILES string of the molecule is C[C@H]1CN(c2cc(-c3cnc(N)c(OC(F)F)c3)nc(N3CCCC34CC4)n2)[C@@H](C)CO1. The lowest BCUT2D eigenvalue weighted by atomic mass is 10.1. The van der Waals surface area contributed by atoms with Gasteiger partial charge in [-0.05, 0) is 45.6 Å². The summed E-state index contributed by atoms with van der Waals surface area (Å²) in [7, 11) is 0. The van der Waals surface area contributed by atoms with Crippen LogP contribution < -0.4 is 20.3 Å². The molecular formula is C22H28F2N6O2. The van der Waals surface area contributed by atoms with Gasteiger partial charge in [-0.3, -0.25) is 0 Å². The topological polar surface area (TPSA) is 89.6 Å². The molecule has 8 nitrogen and oxygen atoms in total. The smallest absolute Gasteiger partial charge is 0.387 e. The molecule has 2 atom stereocenters. The second kappa shape index (κ2) is 7.99. The molecule has 2 aliphatic heterocycles. The van der Waals surface area contributed by atoms with E-state index in [1.54, 1.807) is 0 Å². The summed E-state index contributed by atoms with van der Waals surface area (Å²) in [6, 6.07) is 3.50. The van der Waals surface area contributed by atoms with Crippen molar-refractivity contribution >= 4 is 17.6 Å². The van der Waals surface area contributed by atoms with Crippen molar-refractivity contribution in [2.24, 2.45) is 0 Å². The maximum absolute atomic E-state index is 12.8. The molecule has 0 amide bonds. The van der Waals surface area contributed by atoms with Gasteiger partial charge >= 0.3 is 6.61 Å². The number of halogens is 2. The summed E-state index contributed by atoms with van der Waals surface area (Å²) in [4.78, 5) is 18.4. The number of alkyl halides is 2. The van der Waals surface area contributed by atoms with Gasteiger partial charge in [-0.15, -0.1) is 0 Å². The number of ether oxygens (including phenoxy) is 2. The van der Waals surface area contributed by atoms with E-state index in [0.29, 0.717) is 30.4 Å². The number of hydrogen-bond donors (Lipinski definition) is 1. The lowest BCUT2D eigenvalue weighted by Gasteiger charge is -2.38. The number of nitrogens with zero attached hydrogens (tertiary/aromatic N) is 5. The standard InChI is InChI=1S/C22H28F2N6O2/c1-13-12-31-14(2)11-29(13)18-9-16(15-8-17(32-20(23)24)19(25)26-10-15)27-21(28-18)30-7-3-4-22(30)5-6-22/h8-10,13-14,20H,3-7,11-12H2,1-2H3,(H2,25,26)/t13-,14-/m0/s1. The van der Waals surface area contributed by atoms with E-state index in [1.807, 2.05) is 13.0 Å². The first-order valence-corrected chi connectivity index (χ1v) is 11.1. The Morgan fingerprint density at radius 1 is 1.22 bits per heavy atom. The second-order valence-corrected chi connectivity index (χ2v) is 9.02. The Kier molecular flexibility index (Phi) is 5.27. The van der Waals surface area contributed by atoms with Crippen molar-refractivity contribution < 1.29 is 18.3 Å². The Morgan fingerprint density at radius 3 is 2.78 bits per heavy atom. The molecule has 5 rings (SSSR count). The van der Waals surface area contributed by atoms with E-state index in [4.69, 9.17) is 20.4 Å². The number of morpholine rings is 1. The number of hydrogen-bond acceptors (Lipinski definition) is 8. The molecule has 4 heterocycles. The van der Waals surface area contributed by atoms with Crippen molar-refractivity contribution in [3.05, 3.63) is 18.3 Å². The fourth-order valence-electron chi connectivity index (χ4n) is 4.76. The average molecular weight is 447 g/mol. The largest absolute Gasteiger partial charge is 0.431 e. The Balaban J connectivity index is 1.58. The van der Waals surface area contributed by atoms with Gasteiger partial charge in [0.2, 0.25) is 5.95 Å². The van der Waals surface area contributed by atoms with E-state index in [9.17, 15) is 8.78 Å². The van der Waals surface area contributed by atoms with E-state index in [2.05, 4.69) is 26.4 Å². The molecule has 2 aromatic heterocycles. The summed E-state index contributed by atoms with van der Waals surface area (Å²) in [6.45, 7) is 3.39. The van der Waals surface area contributed by atoms with Crippen LogP contribution in [0.4, 0.5) is 26.4 Å². The minimum atomic E-state index is -2.99. The molecule has 1 aliphatic carbocycles. The van der Waals surface area contributed by atoms with Crippen LogP contribution in [0.25, 0.3) is 11.3 Å². The van der Waals surface area contributed by atoms with E-state index >= 15 is 0 Å². The molecule has 3 fully saturated rings. The molecule has 172 valence electrons. The third-order valence-corrected chi connectivity index (χ3v) is 6.66. The zero-order valence-corrected chi connectivity index (χ0v) is 18.3. The molecule has 0 radical (unpaired) electrons. The van der Waals surface area contributed by atoms with Gasteiger partial charge in [0.25, 0.3) is 0 Å². The van der Waals surface area contributed by atoms with E-state index < -0.39 is 6.61 Å². The number of pyridine rings is 1. The van der Waals surface area contributed by atoms with Crippen molar-refractivity contribution in [3.63, 3.8) is 0 Å². The third kappa shape index (κ3) is 3.92. The Morgan fingerprint density at radius 2 is 2.03 bits per heavy atom. The Hall–Kier alpha value is -2.75. The van der Waals surface area contributed by atoms with Crippen LogP contribution in [0, 0.1) is 0 Å². The molecule has 1 spiro atoms. The lowest BCUT2D eigenvalue weighted by Crippen LogP contribution is -2.48. The number of nitrogens with two attached hydrogens (primary N) is 1. The van der Waals surface area contributed by atoms with Crippen LogP contribution in [0.2, 0.25) is 0 Å². The number of aromatic nitrogens is 3. The van der Waals surface area contributed by atoms with Crippen molar-refractivity contribution in [1.82, 2.24) is 15.0 Å². The number of anilines is 3. The first kappa shape index (κ1) is 21.1. The van der Waals surface area contributed by atoms with Gasteiger partial charge < -0.3 is 25.0 Å². The van der Waals surface area contributed by atoms with E-state index in [1.165, 1.54) is 12.3 Å². The molecule has 0 unspecified atom stereocenters. The molecule has 1 saturated carbocycles. The first-order chi connectivity index (χ1) is 15.3. The fraction of sp³-hybridized carbons (Fsp3) is 0.591. The zero-order chi connectivity index (χ0) is 22.5. The van der Waals surface area contributed by atoms with Crippen LogP contribution in [-0.2, 0) is 4.74 Å². The monoisotopic (exact) mass is 446 g/mol. The number of rotatable bonds is 5. The summed E-state index contributed by atoms with van der Waals surface area (Å²) in [5.41, 5.74) is 7.06. The highest BCUT2D eigenvalue weighted by atomic mass is 19.3. The van der Waals surface area contributed by atoms with Crippen LogP contribution in [0.1, 0.15) is 39.5 Å². The third-order valence-electron chi connectivity index (χ3n) is 6.66. The van der Waals surface area contributed by atoms with Crippen LogP contribution >= 0.6 is 0 Å². The highest BCUT2D eigenvalue weighted by Gasteiger charge is 2.52. The molecule has 0 aromatic carbocycles. The molecule has 2 saturated heterocycles. The molecule has 0 bridgehead atoms. The average Bonchev–Trinajstić information content (AvgIpc) is 3.41. The molecule has 10 heteroatoms. The van der Waals surface area contributed by atoms with Crippen LogP contribution in [0.15, 0.2) is 18.3 Å². The van der Waals surface area contributed by atoms with Gasteiger partial charge in [-0.1, -0.05) is 0 Å². The summed E-state index contributed by atoms with van der Waals surface area (Å²) in [6.07, 6.45) is 6.18. The normalized spacial score (nSPS) is 24.4. The first-order valence-electron chi connectivity index (χ1n) is 11.1. The maximum atomic E-state index is 12.8. The van der Waals surface area contributed by atoms with Crippen molar-refractivity contribution in [3.8, 4) is 17.0 Å². The van der Waals surface area contributed by atoms with E-state index in [0.717, 1.165) is 38.0 Å². The molecular weight excluding hydrogens is 418 g/mol. The van der Waals surface area contributed by atoms with Crippen LogP contribution in [-0.4, -0.2) is 58.9 Å². The van der Waals surface area contributed by atoms with E-state index in [-0.39, 0.29) is 29.3 Å². The predicted molar refractivity (Wildman–Crippen MR) is 117 cm³/mol. The fourth-order valence-corrected chi connectivity index (χ4v) is 4.76. The van der Waals surface area contributed by atoms with Gasteiger partial charge in [0.05, 0.1) is 24.4 Å². The highest BCUT2D eigenvalue weighted by molar-refractivity contribution is 5.68. The zero-order valence-electron chi connectivity index (χ0n) is 18.3. The van der Waals surface area contributed by atoms with Gasteiger partial charge in [-0.2, -0.15) is 13.8 Å². The summed E-state index contributed by atoms with van der Waals surface area (Å²) < 4.78 is 36.0. The minimum Gasteiger partial charge on any atom is -0.431 e. The summed E-state index contributed by atoms with van der Waals surface area (Å²) in [5, 5.41) is 0. The van der Waals surface area contributed by atoms with Gasteiger partial charge in [0.15, 0.2) is 11.6 Å². The highest BCUT2D eigenvalue weighted by Crippen LogP contribution is 2.51. The minimum absolute atomic E-state index is 0.0823. The second-order valence-electron chi connectivity index (χ2n) is 9.02. The molecule has 3 aliphatic rings. The molecule has 2 aromatic rings. The Labute approximate surface area is 185 Å². The summed E-state index contributed by atoms with van der Waals surface area (Å²) in [5.74, 6) is 1.22. The molecule has 2 N–H and O–H groups in total. The maximum Gasteiger partial charge on any atom is 0.387 e. The Bertz CT molecular complexity index is 1000. The van der Waals surface area contributed by atoms with Gasteiger partial charge in [0, 0.05) is 36.5 Å². The quantitative estimate of drug-likeness (QED) is 0.747. The predicted octanol–water partition coefficient (Wildman–Crippen LogP) is 3.47. The van der Waals surface area contributed by atoms with Gasteiger partial charge in [-0.25, -0.2) is 9.97 Å². The van der Waals surface area contributed by atoms with Crippen molar-refractivity contribution in [2.45, 2.75) is 63.8 Å². The summed E-state index contributed by atoms with van der Waals surface area (Å²) >= 11 is 0. The van der Waals surface area contributed by atoms with Crippen LogP contribution in [0.3, 0.4) is 0 Å². The lowest BCUT2D eigenvalue weighted by molar-refractivity contribution is -0.0494. The van der Waals surface area contributed by atoms with Gasteiger partial charge in [0.1, 0.15) is 5.82 Å². The number of nitrogen functional groups attached to an aromatic ring is 1.